The molecule has 2 amide bonds. The number of rotatable bonds is 3. The Morgan fingerprint density at radius 2 is 2.06 bits per heavy atom. The molecular formula is C10H14N4O2. The summed E-state index contributed by atoms with van der Waals surface area (Å²) in [7, 11) is 0. The fourth-order valence-electron chi connectivity index (χ4n) is 1.63. The molecule has 1 aromatic heterocycles. The van der Waals surface area contributed by atoms with Crippen LogP contribution in [0.4, 0.5) is 0 Å². The molecule has 6 heteroatoms. The Labute approximate surface area is 93.2 Å². The van der Waals surface area contributed by atoms with E-state index in [1.165, 1.54) is 4.90 Å². The number of nitrogens with zero attached hydrogens (tertiary/aromatic N) is 3. The first-order chi connectivity index (χ1) is 7.70. The van der Waals surface area contributed by atoms with Gasteiger partial charge in [-0.15, -0.1) is 0 Å². The van der Waals surface area contributed by atoms with E-state index >= 15 is 0 Å². The second kappa shape index (κ2) is 4.44. The zero-order chi connectivity index (χ0) is 11.5. The van der Waals surface area contributed by atoms with E-state index in [1.807, 2.05) is 13.1 Å². The third-order valence-electron chi connectivity index (χ3n) is 2.51. The van der Waals surface area contributed by atoms with Gasteiger partial charge < -0.3 is 0 Å². The molecule has 2 rings (SSSR count). The maximum atomic E-state index is 11.5. The molecule has 0 radical (unpaired) electrons. The molecule has 1 fully saturated rings. The number of aromatic nitrogens is 2. The van der Waals surface area contributed by atoms with Crippen molar-refractivity contribution in [3.8, 4) is 0 Å². The van der Waals surface area contributed by atoms with Crippen LogP contribution in [-0.2, 0) is 22.7 Å². The Kier molecular flexibility index (Phi) is 3.00. The van der Waals surface area contributed by atoms with Crippen LogP contribution in [0.3, 0.4) is 0 Å². The smallest absolute Gasteiger partial charge is 0.243 e. The number of carbonyl (C=O) groups is 2. The maximum absolute atomic E-state index is 11.5. The molecule has 0 atom stereocenters. The van der Waals surface area contributed by atoms with Crippen molar-refractivity contribution in [2.45, 2.75) is 20.0 Å². The number of hydrogen-bond donors (Lipinski definition) is 1. The van der Waals surface area contributed by atoms with Crippen molar-refractivity contribution in [2.75, 3.05) is 13.1 Å². The SMILES string of the molecule is CCn1cc(CN2C(=O)CNCC2=O)cn1. The van der Waals surface area contributed by atoms with Crippen molar-refractivity contribution in [1.29, 1.82) is 0 Å². The lowest BCUT2D eigenvalue weighted by Crippen LogP contribution is -2.51. The third-order valence-corrected chi connectivity index (χ3v) is 2.51. The predicted molar refractivity (Wildman–Crippen MR) is 56.3 cm³/mol. The molecule has 16 heavy (non-hydrogen) atoms. The van der Waals surface area contributed by atoms with E-state index in [-0.39, 0.29) is 24.9 Å². The summed E-state index contributed by atoms with van der Waals surface area (Å²) < 4.78 is 1.77. The van der Waals surface area contributed by atoms with Crippen LogP contribution in [0, 0.1) is 0 Å². The molecule has 2 heterocycles. The van der Waals surface area contributed by atoms with E-state index < -0.39 is 0 Å². The van der Waals surface area contributed by atoms with Gasteiger partial charge in [0.15, 0.2) is 0 Å². The highest BCUT2D eigenvalue weighted by Crippen LogP contribution is 2.06. The molecule has 1 aromatic rings. The molecule has 6 nitrogen and oxygen atoms in total. The Balaban J connectivity index is 2.07. The summed E-state index contributed by atoms with van der Waals surface area (Å²) in [6.07, 6.45) is 3.54. The molecule has 1 aliphatic heterocycles. The highest BCUT2D eigenvalue weighted by Gasteiger charge is 2.25. The minimum atomic E-state index is -0.180. The van der Waals surface area contributed by atoms with E-state index in [0.717, 1.165) is 12.1 Å². The molecule has 0 aromatic carbocycles. The third kappa shape index (κ3) is 2.11. The Morgan fingerprint density at radius 1 is 1.38 bits per heavy atom. The average Bonchev–Trinajstić information content (AvgIpc) is 2.71. The summed E-state index contributed by atoms with van der Waals surface area (Å²) in [6, 6.07) is 0. The van der Waals surface area contributed by atoms with Crippen LogP contribution in [0.1, 0.15) is 12.5 Å². The van der Waals surface area contributed by atoms with Gasteiger partial charge in [-0.3, -0.25) is 24.5 Å². The summed E-state index contributed by atoms with van der Waals surface area (Å²) in [5.74, 6) is -0.360. The molecule has 1 N–H and O–H groups in total. The molecule has 0 unspecified atom stereocenters. The standard InChI is InChI=1S/C10H14N4O2/c1-2-13-6-8(3-12-13)7-14-9(15)4-11-5-10(14)16/h3,6,11H,2,4-5,7H2,1H3. The Morgan fingerprint density at radius 3 is 2.62 bits per heavy atom. The van der Waals surface area contributed by atoms with Crippen LogP contribution in [0.2, 0.25) is 0 Å². The minimum absolute atomic E-state index is 0.180. The Hall–Kier alpha value is -1.69. The predicted octanol–water partition coefficient (Wildman–Crippen LogP) is -0.639. The first-order valence-corrected chi connectivity index (χ1v) is 5.26. The monoisotopic (exact) mass is 222 g/mol. The van der Waals surface area contributed by atoms with Gasteiger partial charge in [0, 0.05) is 18.3 Å². The van der Waals surface area contributed by atoms with Crippen LogP contribution in [-0.4, -0.2) is 39.6 Å². The van der Waals surface area contributed by atoms with Crippen molar-refractivity contribution in [3.05, 3.63) is 18.0 Å². The van der Waals surface area contributed by atoms with Crippen LogP contribution in [0.25, 0.3) is 0 Å². The van der Waals surface area contributed by atoms with E-state index in [9.17, 15) is 9.59 Å². The van der Waals surface area contributed by atoms with E-state index in [1.54, 1.807) is 10.9 Å². The lowest BCUT2D eigenvalue weighted by atomic mass is 10.2. The molecule has 0 spiro atoms. The topological polar surface area (TPSA) is 67.2 Å². The second-order valence-corrected chi connectivity index (χ2v) is 3.68. The van der Waals surface area contributed by atoms with Gasteiger partial charge in [0.05, 0.1) is 25.8 Å². The minimum Gasteiger partial charge on any atom is -0.300 e. The van der Waals surface area contributed by atoms with Crippen LogP contribution in [0.5, 0.6) is 0 Å². The number of imide groups is 1. The van der Waals surface area contributed by atoms with Crippen LogP contribution in [0.15, 0.2) is 12.4 Å². The van der Waals surface area contributed by atoms with E-state index in [4.69, 9.17) is 0 Å². The fraction of sp³-hybridized carbons (Fsp3) is 0.500. The van der Waals surface area contributed by atoms with Gasteiger partial charge in [0.1, 0.15) is 0 Å². The van der Waals surface area contributed by atoms with Crippen LogP contribution >= 0.6 is 0 Å². The molecule has 1 aliphatic rings. The van der Waals surface area contributed by atoms with Crippen molar-refractivity contribution < 1.29 is 9.59 Å². The molecular weight excluding hydrogens is 208 g/mol. The van der Waals surface area contributed by atoms with Crippen molar-refractivity contribution >= 4 is 11.8 Å². The van der Waals surface area contributed by atoms with Gasteiger partial charge in [-0.2, -0.15) is 5.10 Å². The first kappa shape index (κ1) is 10.8. The van der Waals surface area contributed by atoms with Crippen molar-refractivity contribution in [2.24, 2.45) is 0 Å². The highest BCUT2D eigenvalue weighted by molar-refractivity contribution is 5.99. The molecule has 0 aliphatic carbocycles. The summed E-state index contributed by atoms with van der Waals surface area (Å²) in [4.78, 5) is 24.3. The van der Waals surface area contributed by atoms with Gasteiger partial charge in [-0.25, -0.2) is 0 Å². The lowest BCUT2D eigenvalue weighted by molar-refractivity contribution is -0.147. The average molecular weight is 222 g/mol. The maximum Gasteiger partial charge on any atom is 0.243 e. The summed E-state index contributed by atoms with van der Waals surface area (Å²) >= 11 is 0. The van der Waals surface area contributed by atoms with Crippen LogP contribution < -0.4 is 5.32 Å². The van der Waals surface area contributed by atoms with Gasteiger partial charge in [-0.1, -0.05) is 0 Å². The van der Waals surface area contributed by atoms with Gasteiger partial charge >= 0.3 is 0 Å². The largest absolute Gasteiger partial charge is 0.300 e. The molecule has 1 saturated heterocycles. The molecule has 86 valence electrons. The zero-order valence-electron chi connectivity index (χ0n) is 9.14. The first-order valence-electron chi connectivity index (χ1n) is 5.26. The number of carbonyl (C=O) groups excluding carboxylic acids is 2. The van der Waals surface area contributed by atoms with Gasteiger partial charge in [0.2, 0.25) is 11.8 Å². The number of piperazine rings is 1. The number of amides is 2. The normalized spacial score (nSPS) is 16.9. The quantitative estimate of drug-likeness (QED) is 0.691. The number of hydrogen-bond acceptors (Lipinski definition) is 4. The highest BCUT2D eigenvalue weighted by atomic mass is 16.2. The van der Waals surface area contributed by atoms with Gasteiger partial charge in [0.25, 0.3) is 0 Å². The second-order valence-electron chi connectivity index (χ2n) is 3.68. The summed E-state index contributed by atoms with van der Waals surface area (Å²) in [6.45, 7) is 3.54. The molecule has 0 bridgehead atoms. The summed E-state index contributed by atoms with van der Waals surface area (Å²) in [5, 5.41) is 6.86. The fourth-order valence-corrected chi connectivity index (χ4v) is 1.63. The van der Waals surface area contributed by atoms with E-state index in [2.05, 4.69) is 10.4 Å². The zero-order valence-corrected chi connectivity index (χ0v) is 9.14. The van der Waals surface area contributed by atoms with E-state index in [0.29, 0.717) is 6.54 Å². The number of aryl methyl sites for hydroxylation is 1. The van der Waals surface area contributed by atoms with Gasteiger partial charge in [-0.05, 0) is 6.92 Å². The van der Waals surface area contributed by atoms with Crippen molar-refractivity contribution in [1.82, 2.24) is 20.0 Å². The Bertz CT molecular complexity index is 397. The number of nitrogens with one attached hydrogen (secondary N) is 1. The molecule has 0 saturated carbocycles. The van der Waals surface area contributed by atoms with Crippen molar-refractivity contribution in [3.63, 3.8) is 0 Å². The lowest BCUT2D eigenvalue weighted by Gasteiger charge is -2.24. The summed E-state index contributed by atoms with van der Waals surface area (Å²) in [5.41, 5.74) is 0.880.